The fraction of sp³-hybridized carbons (Fsp3) is 0.462. The van der Waals surface area contributed by atoms with Crippen LogP contribution in [0.4, 0.5) is 11.4 Å². The largest absolute Gasteiger partial charge is 0.497 e. The molecule has 1 amide bonds. The lowest BCUT2D eigenvalue weighted by molar-refractivity contribution is -0.128. The third-order valence-electron chi connectivity index (χ3n) is 2.81. The maximum absolute atomic E-state index is 11.8. The minimum absolute atomic E-state index is 0.0576. The van der Waals surface area contributed by atoms with E-state index in [1.165, 1.54) is 0 Å². The van der Waals surface area contributed by atoms with E-state index in [9.17, 15) is 4.79 Å². The number of amides is 1. The predicted octanol–water partition coefficient (Wildman–Crippen LogP) is 1.56. The molecule has 100 valence electrons. The van der Waals surface area contributed by atoms with Gasteiger partial charge in [-0.25, -0.2) is 0 Å². The van der Waals surface area contributed by atoms with Gasteiger partial charge in [-0.2, -0.15) is 0 Å². The van der Waals surface area contributed by atoms with E-state index in [-0.39, 0.29) is 12.5 Å². The molecule has 0 unspecified atom stereocenters. The van der Waals surface area contributed by atoms with E-state index >= 15 is 0 Å². The molecule has 0 bridgehead atoms. The normalized spacial score (nSPS) is 9.94. The molecule has 1 aromatic rings. The molecule has 18 heavy (non-hydrogen) atoms. The molecule has 0 saturated carbocycles. The Morgan fingerprint density at radius 2 is 2.06 bits per heavy atom. The van der Waals surface area contributed by atoms with Crippen molar-refractivity contribution >= 4 is 17.3 Å². The van der Waals surface area contributed by atoms with Gasteiger partial charge in [-0.15, -0.1) is 0 Å². The summed E-state index contributed by atoms with van der Waals surface area (Å²) in [6.45, 7) is 5.58. The molecule has 5 heteroatoms. The van der Waals surface area contributed by atoms with Crippen LogP contribution in [0.15, 0.2) is 18.2 Å². The third-order valence-corrected chi connectivity index (χ3v) is 2.81. The summed E-state index contributed by atoms with van der Waals surface area (Å²) >= 11 is 0. The van der Waals surface area contributed by atoms with Gasteiger partial charge in [0.05, 0.1) is 25.0 Å². The molecule has 0 heterocycles. The van der Waals surface area contributed by atoms with E-state index in [2.05, 4.69) is 5.32 Å². The molecule has 5 nitrogen and oxygen atoms in total. The summed E-state index contributed by atoms with van der Waals surface area (Å²) in [7, 11) is 1.59. The Morgan fingerprint density at radius 1 is 1.39 bits per heavy atom. The fourth-order valence-corrected chi connectivity index (χ4v) is 1.67. The zero-order chi connectivity index (χ0) is 13.5. The first-order valence-corrected chi connectivity index (χ1v) is 6.07. The smallest absolute Gasteiger partial charge is 0.241 e. The molecule has 1 aromatic carbocycles. The van der Waals surface area contributed by atoms with E-state index in [1.54, 1.807) is 30.2 Å². The molecule has 0 atom stereocenters. The van der Waals surface area contributed by atoms with Gasteiger partial charge >= 0.3 is 0 Å². The monoisotopic (exact) mass is 251 g/mol. The summed E-state index contributed by atoms with van der Waals surface area (Å²) in [6.07, 6.45) is 0. The van der Waals surface area contributed by atoms with Crippen LogP contribution in [0.3, 0.4) is 0 Å². The topological polar surface area (TPSA) is 67.6 Å². The number of carbonyl (C=O) groups excluding carboxylic acids is 1. The standard InChI is InChI=1S/C13H21N3O2/c1-4-16(5-2)13(17)9-15-12-8-10(18-3)6-7-11(12)14/h6-8,15H,4-5,9,14H2,1-3H3. The SMILES string of the molecule is CCN(CC)C(=O)CNc1cc(OC)ccc1N. The van der Waals surface area contributed by atoms with Crippen molar-refractivity contribution in [2.75, 3.05) is 37.8 Å². The lowest BCUT2D eigenvalue weighted by atomic mass is 10.2. The summed E-state index contributed by atoms with van der Waals surface area (Å²) in [5.74, 6) is 0.768. The van der Waals surface area contributed by atoms with Crippen LogP contribution in [0.25, 0.3) is 0 Å². The highest BCUT2D eigenvalue weighted by molar-refractivity contribution is 5.82. The number of hydrogen-bond acceptors (Lipinski definition) is 4. The molecule has 0 radical (unpaired) electrons. The second-order valence-corrected chi connectivity index (χ2v) is 3.87. The highest BCUT2D eigenvalue weighted by Crippen LogP contribution is 2.24. The second-order valence-electron chi connectivity index (χ2n) is 3.87. The number of carbonyl (C=O) groups is 1. The maximum Gasteiger partial charge on any atom is 0.241 e. The van der Waals surface area contributed by atoms with Crippen molar-refractivity contribution in [2.24, 2.45) is 0 Å². The highest BCUT2D eigenvalue weighted by Gasteiger charge is 2.10. The summed E-state index contributed by atoms with van der Waals surface area (Å²) in [6, 6.07) is 5.32. The van der Waals surface area contributed by atoms with Crippen molar-refractivity contribution in [1.82, 2.24) is 4.90 Å². The Bertz CT molecular complexity index is 403. The number of nitrogens with zero attached hydrogens (tertiary/aromatic N) is 1. The molecular formula is C13H21N3O2. The van der Waals surface area contributed by atoms with Crippen molar-refractivity contribution < 1.29 is 9.53 Å². The van der Waals surface area contributed by atoms with Gasteiger partial charge in [0, 0.05) is 19.2 Å². The number of nitrogen functional groups attached to an aromatic ring is 1. The molecule has 0 aliphatic carbocycles. The number of methoxy groups -OCH3 is 1. The van der Waals surface area contributed by atoms with Gasteiger partial charge in [-0.1, -0.05) is 0 Å². The quantitative estimate of drug-likeness (QED) is 0.753. The van der Waals surface area contributed by atoms with Crippen LogP contribution in [0, 0.1) is 0 Å². The number of anilines is 2. The van der Waals surface area contributed by atoms with Crippen molar-refractivity contribution in [1.29, 1.82) is 0 Å². The molecule has 1 rings (SSSR count). The minimum atomic E-state index is 0.0576. The van der Waals surface area contributed by atoms with Crippen molar-refractivity contribution in [3.05, 3.63) is 18.2 Å². The van der Waals surface area contributed by atoms with E-state index < -0.39 is 0 Å². The Morgan fingerprint density at radius 3 is 2.61 bits per heavy atom. The highest BCUT2D eigenvalue weighted by atomic mass is 16.5. The summed E-state index contributed by atoms with van der Waals surface area (Å²) in [5, 5.41) is 3.04. The molecule has 0 aromatic heterocycles. The first kappa shape index (κ1) is 14.2. The average molecular weight is 251 g/mol. The zero-order valence-electron chi connectivity index (χ0n) is 11.2. The zero-order valence-corrected chi connectivity index (χ0v) is 11.2. The predicted molar refractivity (Wildman–Crippen MR) is 73.8 cm³/mol. The van der Waals surface area contributed by atoms with Crippen molar-refractivity contribution in [3.63, 3.8) is 0 Å². The van der Waals surface area contributed by atoms with E-state index in [4.69, 9.17) is 10.5 Å². The number of nitrogens with one attached hydrogen (secondary N) is 1. The lowest BCUT2D eigenvalue weighted by Crippen LogP contribution is -2.35. The Balaban J connectivity index is 2.65. The Hall–Kier alpha value is -1.91. The third kappa shape index (κ3) is 3.55. The number of likely N-dealkylation sites (N-methyl/N-ethyl adjacent to an activating group) is 1. The average Bonchev–Trinajstić information content (AvgIpc) is 2.39. The maximum atomic E-state index is 11.8. The molecule has 3 N–H and O–H groups in total. The second kappa shape index (κ2) is 6.74. The van der Waals surface area contributed by atoms with Crippen LogP contribution in [0.5, 0.6) is 5.75 Å². The van der Waals surface area contributed by atoms with E-state index in [0.717, 1.165) is 5.69 Å². The van der Waals surface area contributed by atoms with E-state index in [1.807, 2.05) is 13.8 Å². The van der Waals surface area contributed by atoms with Crippen LogP contribution in [0.2, 0.25) is 0 Å². The first-order valence-electron chi connectivity index (χ1n) is 6.07. The van der Waals surface area contributed by atoms with Crippen LogP contribution in [0.1, 0.15) is 13.8 Å². The van der Waals surface area contributed by atoms with Crippen LogP contribution < -0.4 is 15.8 Å². The molecule has 0 aliphatic rings. The van der Waals surface area contributed by atoms with Crippen LogP contribution in [-0.4, -0.2) is 37.6 Å². The van der Waals surface area contributed by atoms with Gasteiger partial charge in [0.15, 0.2) is 0 Å². The number of rotatable bonds is 6. The van der Waals surface area contributed by atoms with Crippen molar-refractivity contribution in [2.45, 2.75) is 13.8 Å². The number of ether oxygens (including phenoxy) is 1. The minimum Gasteiger partial charge on any atom is -0.497 e. The van der Waals surface area contributed by atoms with Gasteiger partial charge in [-0.3, -0.25) is 4.79 Å². The molecular weight excluding hydrogens is 230 g/mol. The van der Waals surface area contributed by atoms with Crippen LogP contribution >= 0.6 is 0 Å². The van der Waals surface area contributed by atoms with Crippen molar-refractivity contribution in [3.8, 4) is 5.75 Å². The lowest BCUT2D eigenvalue weighted by Gasteiger charge is -2.19. The molecule has 0 aliphatic heterocycles. The molecule has 0 fully saturated rings. The molecule has 0 spiro atoms. The van der Waals surface area contributed by atoms with Gasteiger partial charge < -0.3 is 20.7 Å². The van der Waals surface area contributed by atoms with Gasteiger partial charge in [0.2, 0.25) is 5.91 Å². The summed E-state index contributed by atoms with van der Waals surface area (Å²) in [4.78, 5) is 13.6. The van der Waals surface area contributed by atoms with Gasteiger partial charge in [0.1, 0.15) is 5.75 Å². The van der Waals surface area contributed by atoms with Crippen LogP contribution in [-0.2, 0) is 4.79 Å². The number of hydrogen-bond donors (Lipinski definition) is 2. The number of nitrogens with two attached hydrogens (primary N) is 1. The summed E-state index contributed by atoms with van der Waals surface area (Å²) < 4.78 is 5.12. The molecule has 0 saturated heterocycles. The van der Waals surface area contributed by atoms with Gasteiger partial charge in [-0.05, 0) is 26.0 Å². The Kier molecular flexibility index (Phi) is 5.30. The number of benzene rings is 1. The van der Waals surface area contributed by atoms with E-state index in [0.29, 0.717) is 24.5 Å². The first-order chi connectivity index (χ1) is 8.62. The summed E-state index contributed by atoms with van der Waals surface area (Å²) in [5.41, 5.74) is 7.15. The Labute approximate surface area is 108 Å². The van der Waals surface area contributed by atoms with Gasteiger partial charge in [0.25, 0.3) is 0 Å². The fourth-order valence-electron chi connectivity index (χ4n) is 1.67.